The van der Waals surface area contributed by atoms with Gasteiger partial charge in [0.05, 0.1) is 0 Å². The molecule has 0 radical (unpaired) electrons. The summed E-state index contributed by atoms with van der Waals surface area (Å²) in [5, 5.41) is 18.5. The van der Waals surface area contributed by atoms with Gasteiger partial charge in [-0.2, -0.15) is 0 Å². The minimum atomic E-state index is -1.47. The van der Waals surface area contributed by atoms with Crippen LogP contribution in [0.15, 0.2) is 0 Å². The summed E-state index contributed by atoms with van der Waals surface area (Å²) in [4.78, 5) is 10.7. The third-order valence-electron chi connectivity index (χ3n) is 2.96. The maximum atomic E-state index is 10.7. The molecule has 0 aliphatic heterocycles. The van der Waals surface area contributed by atoms with Gasteiger partial charge in [0.15, 0.2) is 5.60 Å². The molecule has 12 heavy (non-hydrogen) atoms. The molecule has 3 unspecified atom stereocenters. The molecule has 2 N–H and O–H groups in total. The Hall–Kier alpha value is -0.570. The molecule has 0 saturated heterocycles. The topological polar surface area (TPSA) is 57.5 Å². The summed E-state index contributed by atoms with van der Waals surface area (Å²) in [5.41, 5.74) is -1.47. The van der Waals surface area contributed by atoms with Gasteiger partial charge >= 0.3 is 5.97 Å². The van der Waals surface area contributed by atoms with Crippen LogP contribution in [0.5, 0.6) is 0 Å². The number of aliphatic hydroxyl groups is 1. The summed E-state index contributed by atoms with van der Waals surface area (Å²) in [6.07, 6.45) is 2.01. The number of hydrogen-bond donors (Lipinski definition) is 2. The number of carbonyl (C=O) groups is 1. The Labute approximate surface area is 72.4 Å². The largest absolute Gasteiger partial charge is 0.479 e. The summed E-state index contributed by atoms with van der Waals surface area (Å²) in [6.45, 7) is 3.90. The molecule has 0 aromatic rings. The Morgan fingerprint density at radius 2 is 2.08 bits per heavy atom. The molecule has 3 nitrogen and oxygen atoms in total. The van der Waals surface area contributed by atoms with E-state index in [-0.39, 0.29) is 5.92 Å². The molecule has 70 valence electrons. The molecular formula is C9H16O3. The highest BCUT2D eigenvalue weighted by atomic mass is 16.4. The van der Waals surface area contributed by atoms with E-state index in [2.05, 4.69) is 6.92 Å². The monoisotopic (exact) mass is 172 g/mol. The second-order valence-electron chi connectivity index (χ2n) is 4.01. The van der Waals surface area contributed by atoms with Crippen LogP contribution >= 0.6 is 0 Å². The van der Waals surface area contributed by atoms with Gasteiger partial charge in [-0.3, -0.25) is 0 Å². The van der Waals surface area contributed by atoms with Crippen molar-refractivity contribution in [2.24, 2.45) is 11.8 Å². The molecule has 1 rings (SSSR count). The number of hydrogen-bond acceptors (Lipinski definition) is 2. The predicted molar refractivity (Wildman–Crippen MR) is 44.8 cm³/mol. The van der Waals surface area contributed by atoms with Gasteiger partial charge in [0.2, 0.25) is 0 Å². The van der Waals surface area contributed by atoms with Crippen LogP contribution < -0.4 is 0 Å². The molecule has 3 heteroatoms. The average molecular weight is 172 g/mol. The number of carboxylic acid groups (broad SMARTS) is 1. The van der Waals surface area contributed by atoms with E-state index in [0.29, 0.717) is 12.3 Å². The fraction of sp³-hybridized carbons (Fsp3) is 0.889. The van der Waals surface area contributed by atoms with Gasteiger partial charge in [0.1, 0.15) is 0 Å². The Balaban J connectivity index is 2.72. The molecule has 1 aliphatic rings. The number of carboxylic acids is 1. The fourth-order valence-corrected chi connectivity index (χ4v) is 1.95. The fourth-order valence-electron chi connectivity index (χ4n) is 1.95. The lowest BCUT2D eigenvalue weighted by Gasteiger charge is -2.37. The lowest BCUT2D eigenvalue weighted by atomic mass is 9.72. The van der Waals surface area contributed by atoms with Crippen molar-refractivity contribution in [1.29, 1.82) is 0 Å². The Kier molecular flexibility index (Phi) is 2.42. The molecule has 1 fully saturated rings. The minimum absolute atomic E-state index is 0.126. The molecule has 0 spiro atoms. The third kappa shape index (κ3) is 1.46. The van der Waals surface area contributed by atoms with Crippen LogP contribution in [-0.4, -0.2) is 21.8 Å². The van der Waals surface area contributed by atoms with Gasteiger partial charge < -0.3 is 10.2 Å². The zero-order valence-corrected chi connectivity index (χ0v) is 7.58. The SMILES string of the molecule is CC1CCC(O)(C(=O)O)C(C)C1. The van der Waals surface area contributed by atoms with Crippen LogP contribution in [0, 0.1) is 11.8 Å². The van der Waals surface area contributed by atoms with Crippen molar-refractivity contribution in [3.8, 4) is 0 Å². The van der Waals surface area contributed by atoms with E-state index in [0.717, 1.165) is 12.8 Å². The maximum Gasteiger partial charge on any atom is 0.335 e. The van der Waals surface area contributed by atoms with Crippen molar-refractivity contribution in [2.75, 3.05) is 0 Å². The normalized spacial score (nSPS) is 42.6. The molecule has 3 atom stereocenters. The lowest BCUT2D eigenvalue weighted by Crippen LogP contribution is -2.48. The van der Waals surface area contributed by atoms with Crippen LogP contribution in [0.25, 0.3) is 0 Å². The molecule has 0 aromatic carbocycles. The molecule has 0 bridgehead atoms. The third-order valence-corrected chi connectivity index (χ3v) is 2.96. The number of rotatable bonds is 1. The van der Waals surface area contributed by atoms with E-state index in [4.69, 9.17) is 5.11 Å². The van der Waals surface area contributed by atoms with Gasteiger partial charge in [-0.1, -0.05) is 13.8 Å². The van der Waals surface area contributed by atoms with E-state index in [1.807, 2.05) is 6.92 Å². The second kappa shape index (κ2) is 3.05. The zero-order chi connectivity index (χ0) is 9.35. The van der Waals surface area contributed by atoms with Gasteiger partial charge in [0.25, 0.3) is 0 Å². The molecule has 1 aliphatic carbocycles. The molecule has 0 amide bonds. The minimum Gasteiger partial charge on any atom is -0.479 e. The quantitative estimate of drug-likeness (QED) is 0.626. The highest BCUT2D eigenvalue weighted by molar-refractivity contribution is 5.77. The van der Waals surface area contributed by atoms with Crippen molar-refractivity contribution in [3.05, 3.63) is 0 Å². The zero-order valence-electron chi connectivity index (χ0n) is 7.58. The molecule has 0 heterocycles. The van der Waals surface area contributed by atoms with Crippen LogP contribution in [0.4, 0.5) is 0 Å². The van der Waals surface area contributed by atoms with Crippen molar-refractivity contribution in [2.45, 2.75) is 38.7 Å². The summed E-state index contributed by atoms with van der Waals surface area (Å²) in [7, 11) is 0. The first kappa shape index (κ1) is 9.52. The first-order valence-electron chi connectivity index (χ1n) is 4.42. The van der Waals surface area contributed by atoms with Crippen molar-refractivity contribution >= 4 is 5.97 Å². The van der Waals surface area contributed by atoms with Crippen LogP contribution in [0.3, 0.4) is 0 Å². The van der Waals surface area contributed by atoms with Crippen LogP contribution in [0.2, 0.25) is 0 Å². The molecular weight excluding hydrogens is 156 g/mol. The molecule has 1 saturated carbocycles. The van der Waals surface area contributed by atoms with Crippen molar-refractivity contribution < 1.29 is 15.0 Å². The van der Waals surface area contributed by atoms with E-state index >= 15 is 0 Å². The van der Waals surface area contributed by atoms with E-state index in [9.17, 15) is 9.90 Å². The van der Waals surface area contributed by atoms with Gasteiger partial charge in [-0.25, -0.2) is 4.79 Å². The van der Waals surface area contributed by atoms with E-state index in [1.54, 1.807) is 0 Å². The highest BCUT2D eigenvalue weighted by Crippen LogP contribution is 2.36. The Morgan fingerprint density at radius 3 is 2.50 bits per heavy atom. The summed E-state index contributed by atoms with van der Waals surface area (Å²) < 4.78 is 0. The average Bonchev–Trinajstić information content (AvgIpc) is 1.97. The Bertz CT molecular complexity index is 190. The van der Waals surface area contributed by atoms with Crippen LogP contribution in [0.1, 0.15) is 33.1 Å². The van der Waals surface area contributed by atoms with Gasteiger partial charge in [-0.15, -0.1) is 0 Å². The standard InChI is InChI=1S/C9H16O3/c1-6-3-4-9(12,8(10)11)7(2)5-6/h6-7,12H,3-5H2,1-2H3,(H,10,11). The van der Waals surface area contributed by atoms with E-state index in [1.165, 1.54) is 0 Å². The predicted octanol–water partition coefficient (Wildman–Crippen LogP) is 1.26. The van der Waals surface area contributed by atoms with Gasteiger partial charge in [0, 0.05) is 0 Å². The summed E-state index contributed by atoms with van der Waals surface area (Å²) in [6, 6.07) is 0. The first-order valence-corrected chi connectivity index (χ1v) is 4.42. The second-order valence-corrected chi connectivity index (χ2v) is 4.01. The smallest absolute Gasteiger partial charge is 0.335 e. The van der Waals surface area contributed by atoms with Crippen molar-refractivity contribution in [3.63, 3.8) is 0 Å². The van der Waals surface area contributed by atoms with Crippen LogP contribution in [-0.2, 0) is 4.79 Å². The highest BCUT2D eigenvalue weighted by Gasteiger charge is 2.44. The summed E-state index contributed by atoms with van der Waals surface area (Å²) in [5.74, 6) is -0.653. The first-order chi connectivity index (χ1) is 5.47. The number of aliphatic carboxylic acids is 1. The summed E-state index contributed by atoms with van der Waals surface area (Å²) >= 11 is 0. The van der Waals surface area contributed by atoms with Crippen molar-refractivity contribution in [1.82, 2.24) is 0 Å². The molecule has 0 aromatic heterocycles. The van der Waals surface area contributed by atoms with Gasteiger partial charge in [-0.05, 0) is 31.1 Å². The maximum absolute atomic E-state index is 10.7. The van der Waals surface area contributed by atoms with E-state index < -0.39 is 11.6 Å². The lowest BCUT2D eigenvalue weighted by molar-refractivity contribution is -0.169. The Morgan fingerprint density at radius 1 is 1.50 bits per heavy atom.